The van der Waals surface area contributed by atoms with Crippen molar-refractivity contribution in [2.75, 3.05) is 25.1 Å². The zero-order chi connectivity index (χ0) is 22.0. The Kier molecular flexibility index (Phi) is 6.57. The molecule has 11 heteroatoms. The molecule has 3 rings (SSSR count). The van der Waals surface area contributed by atoms with Gasteiger partial charge in [-0.05, 0) is 41.7 Å². The molecule has 9 nitrogen and oxygen atoms in total. The number of benzene rings is 1. The largest absolute Gasteiger partial charge is 0.382 e. The van der Waals surface area contributed by atoms with Crippen molar-refractivity contribution in [3.63, 3.8) is 0 Å². The van der Waals surface area contributed by atoms with Gasteiger partial charge in [-0.15, -0.1) is 0 Å². The van der Waals surface area contributed by atoms with Gasteiger partial charge in [0.1, 0.15) is 5.52 Å². The number of hydrogen-bond acceptors (Lipinski definition) is 6. The lowest BCUT2D eigenvalue weighted by molar-refractivity contribution is 0.212. The second kappa shape index (κ2) is 8.97. The molecule has 0 saturated heterocycles. The maximum absolute atomic E-state index is 13.3. The van der Waals surface area contributed by atoms with E-state index >= 15 is 0 Å². The first-order valence-electron chi connectivity index (χ1n) is 9.49. The van der Waals surface area contributed by atoms with E-state index in [0.717, 1.165) is 16.6 Å². The number of carbonyl (C=O) groups is 1. The van der Waals surface area contributed by atoms with E-state index < -0.39 is 22.4 Å². The van der Waals surface area contributed by atoms with Crippen molar-refractivity contribution in [2.24, 2.45) is 0 Å². The Bertz CT molecular complexity index is 1170. The summed E-state index contributed by atoms with van der Waals surface area (Å²) in [5.41, 5.74) is 6.85. The second-order valence-corrected chi connectivity index (χ2v) is 8.78. The van der Waals surface area contributed by atoms with Crippen LogP contribution in [0.4, 0.5) is 10.6 Å². The molecule has 2 heterocycles. The lowest BCUT2D eigenvalue weighted by atomic mass is 10.2. The molecule has 2 aromatic heterocycles. The predicted molar refractivity (Wildman–Crippen MR) is 119 cm³/mol. The number of imidazole rings is 1. The molecule has 0 bridgehead atoms. The lowest BCUT2D eigenvalue weighted by Gasteiger charge is -2.14. The number of fused-ring (bicyclic) bond motifs is 1. The maximum atomic E-state index is 13.3. The molecule has 160 valence electrons. The summed E-state index contributed by atoms with van der Waals surface area (Å²) in [6.07, 6.45) is 0.798. The molecule has 3 aromatic rings. The Labute approximate surface area is 181 Å². The minimum Gasteiger partial charge on any atom is -0.382 e. The van der Waals surface area contributed by atoms with Gasteiger partial charge in [-0.25, -0.2) is 24.1 Å². The monoisotopic (exact) mass is 449 g/mol. The molecule has 1 aromatic carbocycles. The van der Waals surface area contributed by atoms with Gasteiger partial charge in [0.25, 0.3) is 0 Å². The number of aromatic nitrogens is 4. The van der Waals surface area contributed by atoms with Crippen LogP contribution >= 0.6 is 11.6 Å². The van der Waals surface area contributed by atoms with E-state index in [4.69, 9.17) is 22.1 Å². The van der Waals surface area contributed by atoms with Gasteiger partial charge in [0.05, 0.1) is 6.54 Å². The van der Waals surface area contributed by atoms with Gasteiger partial charge >= 0.3 is 11.7 Å². The Morgan fingerprint density at radius 1 is 1.27 bits per heavy atom. The van der Waals surface area contributed by atoms with Gasteiger partial charge in [0.2, 0.25) is 5.16 Å². The fourth-order valence-corrected chi connectivity index (χ4v) is 4.07. The molecule has 0 radical (unpaired) electrons. The molecule has 30 heavy (non-hydrogen) atoms. The maximum Gasteiger partial charge on any atom is 0.339 e. The van der Waals surface area contributed by atoms with E-state index in [9.17, 15) is 9.59 Å². The van der Waals surface area contributed by atoms with E-state index in [-0.39, 0.29) is 28.7 Å². The van der Waals surface area contributed by atoms with E-state index in [1.165, 1.54) is 9.47 Å². The third-order valence-electron chi connectivity index (χ3n) is 4.65. The average molecular weight is 450 g/mol. The van der Waals surface area contributed by atoms with Crippen LogP contribution < -0.4 is 11.4 Å². The van der Waals surface area contributed by atoms with Crippen LogP contribution in [-0.2, 0) is 17.2 Å². The molecule has 1 amide bonds. The first-order chi connectivity index (χ1) is 14.3. The van der Waals surface area contributed by atoms with Crippen molar-refractivity contribution in [2.45, 2.75) is 32.0 Å². The van der Waals surface area contributed by atoms with Crippen LogP contribution in [0.1, 0.15) is 25.8 Å². The zero-order valence-corrected chi connectivity index (χ0v) is 18.6. The first kappa shape index (κ1) is 22.0. The standard InChI is InChI=1S/C19H24ClN7O2S/c1-4-10-30(22)17-23-15(21)14-16(24-17)26(11-12-6-8-13(20)9-7-12)19(29)27(14)18(28)25(3)5-2/h6-9,22H,4-5,10-11H2,1-3H3,(H2,21,23,24). The van der Waals surface area contributed by atoms with Crippen molar-refractivity contribution in [1.29, 1.82) is 4.78 Å². The van der Waals surface area contributed by atoms with Crippen LogP contribution in [0.2, 0.25) is 5.02 Å². The fraction of sp³-hybridized carbons (Fsp3) is 0.368. The highest BCUT2D eigenvalue weighted by molar-refractivity contribution is 7.85. The van der Waals surface area contributed by atoms with Crippen molar-refractivity contribution in [3.05, 3.63) is 45.3 Å². The van der Waals surface area contributed by atoms with Crippen LogP contribution in [0.5, 0.6) is 0 Å². The van der Waals surface area contributed by atoms with Gasteiger partial charge < -0.3 is 10.6 Å². The van der Waals surface area contributed by atoms with Crippen molar-refractivity contribution < 1.29 is 4.79 Å². The number of anilines is 1. The van der Waals surface area contributed by atoms with Crippen molar-refractivity contribution in [3.8, 4) is 0 Å². The third kappa shape index (κ3) is 4.10. The molecular weight excluding hydrogens is 426 g/mol. The van der Waals surface area contributed by atoms with Gasteiger partial charge in [-0.1, -0.05) is 30.7 Å². The summed E-state index contributed by atoms with van der Waals surface area (Å²) in [4.78, 5) is 36.3. The summed E-state index contributed by atoms with van der Waals surface area (Å²) in [5.74, 6) is 0.602. The Morgan fingerprint density at radius 2 is 1.93 bits per heavy atom. The first-order valence-corrected chi connectivity index (χ1v) is 11.3. The van der Waals surface area contributed by atoms with E-state index in [1.807, 2.05) is 13.8 Å². The number of amides is 1. The summed E-state index contributed by atoms with van der Waals surface area (Å²) in [5, 5.41) is 0.847. The molecule has 0 spiro atoms. The number of nitrogen functional groups attached to an aromatic ring is 1. The highest BCUT2D eigenvalue weighted by Crippen LogP contribution is 2.21. The van der Waals surface area contributed by atoms with E-state index in [1.54, 1.807) is 31.3 Å². The van der Waals surface area contributed by atoms with Crippen LogP contribution in [0.3, 0.4) is 0 Å². The smallest absolute Gasteiger partial charge is 0.339 e. The number of hydrogen-bond donors (Lipinski definition) is 2. The normalized spacial score (nSPS) is 12.3. The zero-order valence-electron chi connectivity index (χ0n) is 17.1. The highest BCUT2D eigenvalue weighted by atomic mass is 35.5. The quantitative estimate of drug-likeness (QED) is 0.560. The summed E-state index contributed by atoms with van der Waals surface area (Å²) < 4.78 is 10.7. The molecular formula is C19H24ClN7O2S. The number of rotatable bonds is 6. The molecule has 1 unspecified atom stereocenters. The average Bonchev–Trinajstić information content (AvgIpc) is 3.00. The van der Waals surface area contributed by atoms with Gasteiger partial charge in [0, 0.05) is 24.4 Å². The van der Waals surface area contributed by atoms with E-state index in [0.29, 0.717) is 17.3 Å². The molecule has 0 fully saturated rings. The topological polar surface area (TPSA) is 123 Å². The van der Waals surface area contributed by atoms with Crippen molar-refractivity contribution in [1.82, 2.24) is 24.0 Å². The molecule has 0 aliphatic heterocycles. The fourth-order valence-electron chi connectivity index (χ4n) is 2.95. The molecule has 0 aliphatic rings. The number of carbonyl (C=O) groups excluding carboxylic acids is 1. The van der Waals surface area contributed by atoms with Gasteiger partial charge in [-0.3, -0.25) is 9.35 Å². The molecule has 0 aliphatic carbocycles. The Balaban J connectivity index is 2.27. The summed E-state index contributed by atoms with van der Waals surface area (Å²) in [7, 11) is 0.637. The number of nitrogens with zero attached hydrogens (tertiary/aromatic N) is 5. The predicted octanol–water partition coefficient (Wildman–Crippen LogP) is 2.95. The summed E-state index contributed by atoms with van der Waals surface area (Å²) >= 11 is 5.96. The number of halogens is 1. The third-order valence-corrected chi connectivity index (χ3v) is 6.34. The highest BCUT2D eigenvalue weighted by Gasteiger charge is 2.25. The molecule has 1 atom stereocenters. The van der Waals surface area contributed by atoms with Gasteiger partial charge in [0.15, 0.2) is 11.5 Å². The second-order valence-electron chi connectivity index (χ2n) is 6.79. The Morgan fingerprint density at radius 3 is 2.53 bits per heavy atom. The molecule has 3 N–H and O–H groups in total. The molecule has 0 saturated carbocycles. The van der Waals surface area contributed by atoms with Gasteiger partial charge in [-0.2, -0.15) is 0 Å². The summed E-state index contributed by atoms with van der Waals surface area (Å²) in [6.45, 7) is 4.38. The summed E-state index contributed by atoms with van der Waals surface area (Å²) in [6, 6.07) is 6.55. The van der Waals surface area contributed by atoms with E-state index in [2.05, 4.69) is 9.97 Å². The van der Waals surface area contributed by atoms with Crippen LogP contribution in [0.15, 0.2) is 34.2 Å². The minimum atomic E-state index is -0.966. The van der Waals surface area contributed by atoms with Crippen LogP contribution in [0.25, 0.3) is 11.2 Å². The SMILES string of the molecule is CCCS(=N)c1nc(N)c2c(n1)n(Cc1ccc(Cl)cc1)c(=O)n2C(=O)N(C)CC. The van der Waals surface area contributed by atoms with Crippen molar-refractivity contribution >= 4 is 45.3 Å². The van der Waals surface area contributed by atoms with Crippen LogP contribution in [0, 0.1) is 4.78 Å². The lowest BCUT2D eigenvalue weighted by Crippen LogP contribution is -2.38. The number of nitrogens with one attached hydrogen (secondary N) is 1. The van der Waals surface area contributed by atoms with Crippen LogP contribution in [-0.4, -0.2) is 49.4 Å². The Hall–Kier alpha value is -2.72. The number of nitrogens with two attached hydrogens (primary N) is 1. The minimum absolute atomic E-state index is 0.0145.